The van der Waals surface area contributed by atoms with Crippen molar-refractivity contribution in [1.82, 2.24) is 9.78 Å². The SMILES string of the molecule is COc1ccc(NC(=O)Cn2ccc(N)n2)cc1F. The lowest BCUT2D eigenvalue weighted by Gasteiger charge is -2.07. The van der Waals surface area contributed by atoms with E-state index in [1.807, 2.05) is 0 Å². The minimum absolute atomic E-state index is 0.00481. The van der Waals surface area contributed by atoms with E-state index in [9.17, 15) is 9.18 Å². The molecular formula is C12H13FN4O2. The lowest BCUT2D eigenvalue weighted by atomic mass is 10.3. The molecule has 0 spiro atoms. The highest BCUT2D eigenvalue weighted by molar-refractivity contribution is 5.90. The fourth-order valence-corrected chi connectivity index (χ4v) is 1.56. The van der Waals surface area contributed by atoms with Crippen molar-refractivity contribution in [1.29, 1.82) is 0 Å². The van der Waals surface area contributed by atoms with Gasteiger partial charge in [0.2, 0.25) is 5.91 Å². The molecular weight excluding hydrogens is 251 g/mol. The smallest absolute Gasteiger partial charge is 0.246 e. The molecule has 0 fully saturated rings. The van der Waals surface area contributed by atoms with Crippen molar-refractivity contribution < 1.29 is 13.9 Å². The van der Waals surface area contributed by atoms with E-state index >= 15 is 0 Å². The van der Waals surface area contributed by atoms with Crippen molar-refractivity contribution in [2.75, 3.05) is 18.2 Å². The number of carbonyl (C=O) groups excluding carboxylic acids is 1. The van der Waals surface area contributed by atoms with Gasteiger partial charge in [-0.05, 0) is 18.2 Å². The van der Waals surface area contributed by atoms with Crippen molar-refractivity contribution in [3.05, 3.63) is 36.3 Å². The number of nitrogens with two attached hydrogens (primary N) is 1. The van der Waals surface area contributed by atoms with Gasteiger partial charge in [-0.25, -0.2) is 4.39 Å². The molecule has 1 aromatic carbocycles. The monoisotopic (exact) mass is 264 g/mol. The van der Waals surface area contributed by atoms with E-state index < -0.39 is 5.82 Å². The van der Waals surface area contributed by atoms with E-state index in [0.717, 1.165) is 0 Å². The Kier molecular flexibility index (Phi) is 3.65. The maximum absolute atomic E-state index is 13.4. The van der Waals surface area contributed by atoms with Gasteiger partial charge in [-0.1, -0.05) is 0 Å². The molecule has 0 bridgehead atoms. The first kappa shape index (κ1) is 12.9. The third kappa shape index (κ3) is 3.21. The summed E-state index contributed by atoms with van der Waals surface area (Å²) in [5, 5.41) is 6.43. The molecule has 0 saturated carbocycles. The van der Waals surface area contributed by atoms with Crippen LogP contribution in [-0.4, -0.2) is 22.8 Å². The number of nitrogen functional groups attached to an aromatic ring is 1. The van der Waals surface area contributed by atoms with Crippen LogP contribution in [0.1, 0.15) is 0 Å². The van der Waals surface area contributed by atoms with Crippen molar-refractivity contribution in [2.24, 2.45) is 0 Å². The molecule has 1 amide bonds. The number of hydrogen-bond donors (Lipinski definition) is 2. The van der Waals surface area contributed by atoms with Crippen LogP contribution in [0.25, 0.3) is 0 Å². The molecule has 1 heterocycles. The average molecular weight is 264 g/mol. The second-order valence-corrected chi connectivity index (χ2v) is 3.84. The third-order valence-electron chi connectivity index (χ3n) is 2.40. The van der Waals surface area contributed by atoms with E-state index in [2.05, 4.69) is 10.4 Å². The van der Waals surface area contributed by atoms with Gasteiger partial charge >= 0.3 is 0 Å². The van der Waals surface area contributed by atoms with E-state index in [1.54, 1.807) is 18.3 Å². The van der Waals surface area contributed by atoms with Gasteiger partial charge in [-0.15, -0.1) is 0 Å². The second kappa shape index (κ2) is 5.38. The summed E-state index contributed by atoms with van der Waals surface area (Å²) in [4.78, 5) is 11.7. The summed E-state index contributed by atoms with van der Waals surface area (Å²) in [6.07, 6.45) is 1.59. The Morgan fingerprint density at radius 2 is 2.32 bits per heavy atom. The standard InChI is InChI=1S/C12H13FN4O2/c1-19-10-3-2-8(6-9(10)13)15-12(18)7-17-5-4-11(14)16-17/h2-6H,7H2,1H3,(H2,14,16)(H,15,18). The Labute approximate surface area is 109 Å². The molecule has 0 aliphatic carbocycles. The molecule has 0 radical (unpaired) electrons. The molecule has 100 valence electrons. The quantitative estimate of drug-likeness (QED) is 0.870. The zero-order valence-electron chi connectivity index (χ0n) is 10.3. The molecule has 6 nitrogen and oxygen atoms in total. The maximum Gasteiger partial charge on any atom is 0.246 e. The number of rotatable bonds is 4. The predicted octanol–water partition coefficient (Wildman–Crippen LogP) is 1.25. The van der Waals surface area contributed by atoms with Crippen LogP contribution in [0.4, 0.5) is 15.9 Å². The number of hydrogen-bond acceptors (Lipinski definition) is 4. The van der Waals surface area contributed by atoms with Crippen LogP contribution in [0.2, 0.25) is 0 Å². The zero-order valence-corrected chi connectivity index (χ0v) is 10.3. The van der Waals surface area contributed by atoms with Gasteiger partial charge in [0, 0.05) is 18.0 Å². The number of amides is 1. The highest BCUT2D eigenvalue weighted by Crippen LogP contribution is 2.20. The Balaban J connectivity index is 2.00. The first-order chi connectivity index (χ1) is 9.08. The first-order valence-electron chi connectivity index (χ1n) is 5.51. The van der Waals surface area contributed by atoms with Gasteiger partial charge in [0.1, 0.15) is 12.4 Å². The number of ether oxygens (including phenoxy) is 1. The Bertz CT molecular complexity index is 597. The molecule has 0 aliphatic rings. The summed E-state index contributed by atoms with van der Waals surface area (Å²) in [5.41, 5.74) is 5.78. The first-order valence-corrected chi connectivity index (χ1v) is 5.51. The molecule has 19 heavy (non-hydrogen) atoms. The number of nitrogens with zero attached hydrogens (tertiary/aromatic N) is 2. The molecule has 0 atom stereocenters. The van der Waals surface area contributed by atoms with Crippen LogP contribution in [0, 0.1) is 5.82 Å². The number of anilines is 2. The lowest BCUT2D eigenvalue weighted by molar-refractivity contribution is -0.116. The molecule has 0 saturated heterocycles. The Morgan fingerprint density at radius 1 is 1.53 bits per heavy atom. The van der Waals surface area contributed by atoms with Gasteiger partial charge in [-0.2, -0.15) is 5.10 Å². The Morgan fingerprint density at radius 3 is 2.89 bits per heavy atom. The summed E-state index contributed by atoms with van der Waals surface area (Å²) in [6, 6.07) is 5.77. The number of halogens is 1. The minimum atomic E-state index is -0.538. The minimum Gasteiger partial charge on any atom is -0.494 e. The van der Waals surface area contributed by atoms with Gasteiger partial charge in [0.15, 0.2) is 11.6 Å². The summed E-state index contributed by atoms with van der Waals surface area (Å²) in [7, 11) is 1.37. The molecule has 3 N–H and O–H groups in total. The lowest BCUT2D eigenvalue weighted by Crippen LogP contribution is -2.19. The van der Waals surface area contributed by atoms with E-state index in [-0.39, 0.29) is 18.2 Å². The molecule has 1 aromatic heterocycles. The van der Waals surface area contributed by atoms with Crippen LogP contribution in [-0.2, 0) is 11.3 Å². The van der Waals surface area contributed by atoms with Crippen LogP contribution in [0.3, 0.4) is 0 Å². The summed E-state index contributed by atoms with van der Waals surface area (Å²) >= 11 is 0. The summed E-state index contributed by atoms with van der Waals surface area (Å²) in [5.74, 6) is -0.405. The number of nitrogens with one attached hydrogen (secondary N) is 1. The van der Waals surface area contributed by atoms with Gasteiger partial charge in [-0.3, -0.25) is 9.48 Å². The fraction of sp³-hybridized carbons (Fsp3) is 0.167. The summed E-state index contributed by atoms with van der Waals surface area (Å²) < 4.78 is 19.6. The van der Waals surface area contributed by atoms with Crippen molar-refractivity contribution in [2.45, 2.75) is 6.54 Å². The van der Waals surface area contributed by atoms with Crippen LogP contribution >= 0.6 is 0 Å². The van der Waals surface area contributed by atoms with Gasteiger partial charge in [0.05, 0.1) is 7.11 Å². The number of aromatic nitrogens is 2. The van der Waals surface area contributed by atoms with Crippen LogP contribution in [0.5, 0.6) is 5.75 Å². The van der Waals surface area contributed by atoms with E-state index in [0.29, 0.717) is 11.5 Å². The van der Waals surface area contributed by atoms with Crippen molar-refractivity contribution in [3.8, 4) is 5.75 Å². The normalized spacial score (nSPS) is 10.2. The molecule has 7 heteroatoms. The number of methoxy groups -OCH3 is 1. The third-order valence-corrected chi connectivity index (χ3v) is 2.40. The van der Waals surface area contributed by atoms with E-state index in [4.69, 9.17) is 10.5 Å². The molecule has 0 aliphatic heterocycles. The van der Waals surface area contributed by atoms with Crippen LogP contribution in [0.15, 0.2) is 30.5 Å². The highest BCUT2D eigenvalue weighted by atomic mass is 19.1. The number of carbonyl (C=O) groups is 1. The van der Waals surface area contributed by atoms with Crippen LogP contribution < -0.4 is 15.8 Å². The molecule has 2 rings (SSSR count). The highest BCUT2D eigenvalue weighted by Gasteiger charge is 2.07. The average Bonchev–Trinajstić information content (AvgIpc) is 2.74. The number of benzene rings is 1. The summed E-state index contributed by atoms with van der Waals surface area (Å²) in [6.45, 7) is 0.00481. The van der Waals surface area contributed by atoms with Crippen molar-refractivity contribution in [3.63, 3.8) is 0 Å². The molecule has 0 unspecified atom stereocenters. The van der Waals surface area contributed by atoms with Crippen molar-refractivity contribution >= 4 is 17.4 Å². The topological polar surface area (TPSA) is 82.2 Å². The fourth-order valence-electron chi connectivity index (χ4n) is 1.56. The van der Waals surface area contributed by atoms with Gasteiger partial charge in [0.25, 0.3) is 0 Å². The zero-order chi connectivity index (χ0) is 13.8. The van der Waals surface area contributed by atoms with Gasteiger partial charge < -0.3 is 15.8 Å². The second-order valence-electron chi connectivity index (χ2n) is 3.84. The Hall–Kier alpha value is -2.57. The maximum atomic E-state index is 13.4. The predicted molar refractivity (Wildman–Crippen MR) is 68.2 cm³/mol. The molecule has 2 aromatic rings. The largest absolute Gasteiger partial charge is 0.494 e. The van der Waals surface area contributed by atoms with E-state index in [1.165, 1.54) is 23.9 Å².